The van der Waals surface area contributed by atoms with E-state index in [0.29, 0.717) is 6.54 Å². The summed E-state index contributed by atoms with van der Waals surface area (Å²) in [6.07, 6.45) is 6.78. The number of piperazine rings is 1. The van der Waals surface area contributed by atoms with Gasteiger partial charge in [-0.15, -0.1) is 0 Å². The molecule has 18 heavy (non-hydrogen) atoms. The maximum atomic E-state index is 5.55. The molecule has 1 atom stereocenters. The molecule has 0 spiro atoms. The molecule has 5 heteroatoms. The molecule has 1 aromatic heterocycles. The van der Waals surface area contributed by atoms with E-state index in [0.717, 1.165) is 19.1 Å². The molecule has 0 amide bonds. The van der Waals surface area contributed by atoms with E-state index in [1.165, 1.54) is 44.7 Å². The summed E-state index contributed by atoms with van der Waals surface area (Å²) in [5, 5.41) is 0. The van der Waals surface area contributed by atoms with E-state index in [4.69, 9.17) is 5.73 Å². The molecule has 5 nitrogen and oxygen atoms in total. The minimum Gasteiger partial charge on any atom is -0.336 e. The molecule has 3 rings (SSSR count). The molecular formula is C13H23N5. The highest BCUT2D eigenvalue weighted by Gasteiger charge is 2.30. The summed E-state index contributed by atoms with van der Waals surface area (Å²) in [6, 6.07) is 0.796. The summed E-state index contributed by atoms with van der Waals surface area (Å²) in [7, 11) is 0. The van der Waals surface area contributed by atoms with Crippen LogP contribution in [-0.4, -0.2) is 58.1 Å². The predicted octanol–water partition coefficient (Wildman–Crippen LogP) is 0.122. The Bertz CT molecular complexity index is 388. The number of fused-ring (bicyclic) bond motifs is 1. The number of nitrogens with two attached hydrogens (primary N) is 1. The lowest BCUT2D eigenvalue weighted by Crippen LogP contribution is -2.49. The maximum absolute atomic E-state index is 5.55. The summed E-state index contributed by atoms with van der Waals surface area (Å²) < 4.78 is 2.08. The Balaban J connectivity index is 1.55. The Morgan fingerprint density at radius 2 is 2.28 bits per heavy atom. The molecule has 0 saturated carbocycles. The van der Waals surface area contributed by atoms with Crippen LogP contribution in [0.5, 0.6) is 0 Å². The van der Waals surface area contributed by atoms with Gasteiger partial charge < -0.3 is 10.3 Å². The zero-order chi connectivity index (χ0) is 12.4. The third kappa shape index (κ3) is 2.58. The molecule has 0 radical (unpaired) electrons. The molecule has 2 aliphatic rings. The Hall–Kier alpha value is -0.910. The van der Waals surface area contributed by atoms with Crippen LogP contribution in [0.3, 0.4) is 0 Å². The summed E-state index contributed by atoms with van der Waals surface area (Å²) in [4.78, 5) is 9.65. The van der Waals surface area contributed by atoms with E-state index in [9.17, 15) is 0 Å². The number of aromatic nitrogens is 2. The van der Waals surface area contributed by atoms with Gasteiger partial charge in [0.1, 0.15) is 0 Å². The molecule has 0 bridgehead atoms. The van der Waals surface area contributed by atoms with Crippen molar-refractivity contribution in [3.8, 4) is 0 Å². The van der Waals surface area contributed by atoms with E-state index in [1.807, 2.05) is 6.33 Å². The van der Waals surface area contributed by atoms with Crippen molar-refractivity contribution in [3.05, 3.63) is 18.2 Å². The van der Waals surface area contributed by atoms with Gasteiger partial charge in [-0.3, -0.25) is 9.80 Å². The summed E-state index contributed by atoms with van der Waals surface area (Å²) in [5.74, 6) is 0. The van der Waals surface area contributed by atoms with E-state index in [2.05, 4.69) is 25.5 Å². The van der Waals surface area contributed by atoms with Gasteiger partial charge in [-0.25, -0.2) is 4.98 Å². The lowest BCUT2D eigenvalue weighted by atomic mass is 10.1. The fourth-order valence-corrected chi connectivity index (χ4v) is 3.19. The van der Waals surface area contributed by atoms with Gasteiger partial charge >= 0.3 is 0 Å². The first-order valence-corrected chi connectivity index (χ1v) is 7.02. The molecule has 2 N–H and O–H groups in total. The normalized spacial score (nSPS) is 25.5. The Morgan fingerprint density at radius 3 is 3.17 bits per heavy atom. The zero-order valence-corrected chi connectivity index (χ0v) is 11.0. The molecule has 2 saturated heterocycles. The maximum Gasteiger partial charge on any atom is 0.0950 e. The second kappa shape index (κ2) is 5.38. The number of rotatable bonds is 4. The molecule has 100 valence electrons. The lowest BCUT2D eigenvalue weighted by Gasteiger charge is -2.37. The van der Waals surface area contributed by atoms with Crippen LogP contribution >= 0.6 is 0 Å². The van der Waals surface area contributed by atoms with Crippen LogP contribution in [0.15, 0.2) is 12.5 Å². The van der Waals surface area contributed by atoms with Crippen LogP contribution in [0.4, 0.5) is 0 Å². The zero-order valence-electron chi connectivity index (χ0n) is 11.0. The molecule has 0 aromatic carbocycles. The summed E-state index contributed by atoms with van der Waals surface area (Å²) in [6.45, 7) is 7.46. The van der Waals surface area contributed by atoms with Crippen LogP contribution in [0.25, 0.3) is 0 Å². The van der Waals surface area contributed by atoms with Gasteiger partial charge in [-0.05, 0) is 19.4 Å². The van der Waals surface area contributed by atoms with Crippen LogP contribution < -0.4 is 5.73 Å². The SMILES string of the molecule is NCCn1cnc(CN2CCN3CCCC3C2)c1. The molecule has 3 heterocycles. The van der Waals surface area contributed by atoms with Crippen molar-refractivity contribution >= 4 is 0 Å². The number of hydrogen-bond donors (Lipinski definition) is 1. The van der Waals surface area contributed by atoms with Gasteiger partial charge in [0.2, 0.25) is 0 Å². The third-order valence-corrected chi connectivity index (χ3v) is 4.13. The molecule has 1 aromatic rings. The van der Waals surface area contributed by atoms with Crippen LogP contribution in [0.1, 0.15) is 18.5 Å². The van der Waals surface area contributed by atoms with Crippen molar-refractivity contribution in [1.82, 2.24) is 19.4 Å². The van der Waals surface area contributed by atoms with Crippen LogP contribution in [-0.2, 0) is 13.1 Å². The number of nitrogens with zero attached hydrogens (tertiary/aromatic N) is 4. The average Bonchev–Trinajstić information content (AvgIpc) is 2.98. The average molecular weight is 249 g/mol. The first-order valence-electron chi connectivity index (χ1n) is 7.02. The van der Waals surface area contributed by atoms with E-state index in [1.54, 1.807) is 0 Å². The topological polar surface area (TPSA) is 50.3 Å². The van der Waals surface area contributed by atoms with Crippen molar-refractivity contribution in [2.24, 2.45) is 5.73 Å². The van der Waals surface area contributed by atoms with E-state index in [-0.39, 0.29) is 0 Å². The largest absolute Gasteiger partial charge is 0.336 e. The number of imidazole rings is 1. The molecule has 1 unspecified atom stereocenters. The number of hydrogen-bond acceptors (Lipinski definition) is 4. The Labute approximate surface area is 109 Å². The van der Waals surface area contributed by atoms with Crippen LogP contribution in [0, 0.1) is 0 Å². The lowest BCUT2D eigenvalue weighted by molar-refractivity contribution is 0.0985. The second-order valence-corrected chi connectivity index (χ2v) is 5.46. The Kier molecular flexibility index (Phi) is 3.63. The first-order chi connectivity index (χ1) is 8.85. The van der Waals surface area contributed by atoms with Crippen molar-refractivity contribution in [1.29, 1.82) is 0 Å². The van der Waals surface area contributed by atoms with E-state index < -0.39 is 0 Å². The third-order valence-electron chi connectivity index (χ3n) is 4.13. The summed E-state index contributed by atoms with van der Waals surface area (Å²) >= 11 is 0. The van der Waals surface area contributed by atoms with Gasteiger partial charge in [-0.1, -0.05) is 0 Å². The van der Waals surface area contributed by atoms with Crippen molar-refractivity contribution < 1.29 is 0 Å². The minimum atomic E-state index is 0.677. The second-order valence-electron chi connectivity index (χ2n) is 5.46. The Morgan fingerprint density at radius 1 is 1.33 bits per heavy atom. The van der Waals surface area contributed by atoms with Crippen molar-refractivity contribution in [2.45, 2.75) is 32.0 Å². The minimum absolute atomic E-state index is 0.677. The van der Waals surface area contributed by atoms with Gasteiger partial charge in [0.05, 0.1) is 12.0 Å². The fraction of sp³-hybridized carbons (Fsp3) is 0.769. The van der Waals surface area contributed by atoms with Gasteiger partial charge in [0.25, 0.3) is 0 Å². The highest BCUT2D eigenvalue weighted by atomic mass is 15.3. The summed E-state index contributed by atoms with van der Waals surface area (Å²) in [5.41, 5.74) is 6.72. The van der Waals surface area contributed by atoms with Crippen molar-refractivity contribution in [3.63, 3.8) is 0 Å². The molecule has 2 fully saturated rings. The first kappa shape index (κ1) is 12.1. The highest BCUT2D eigenvalue weighted by Crippen LogP contribution is 2.22. The van der Waals surface area contributed by atoms with E-state index >= 15 is 0 Å². The predicted molar refractivity (Wildman–Crippen MR) is 71.2 cm³/mol. The smallest absolute Gasteiger partial charge is 0.0950 e. The quantitative estimate of drug-likeness (QED) is 0.823. The fourth-order valence-electron chi connectivity index (χ4n) is 3.19. The molecular weight excluding hydrogens is 226 g/mol. The monoisotopic (exact) mass is 249 g/mol. The standard InChI is InChI=1S/C13H23N5/c14-3-5-17-9-12(15-11-17)8-16-6-7-18-4-1-2-13(18)10-16/h9,11,13H,1-8,10,14H2. The van der Waals surface area contributed by atoms with Gasteiger partial charge in [-0.2, -0.15) is 0 Å². The molecule has 2 aliphatic heterocycles. The highest BCUT2D eigenvalue weighted by molar-refractivity contribution is 4.98. The van der Waals surface area contributed by atoms with Gasteiger partial charge in [0.15, 0.2) is 0 Å². The van der Waals surface area contributed by atoms with Crippen LogP contribution in [0.2, 0.25) is 0 Å². The van der Waals surface area contributed by atoms with Crippen molar-refractivity contribution in [2.75, 3.05) is 32.7 Å². The van der Waals surface area contributed by atoms with Gasteiger partial charge in [0, 0.05) is 51.5 Å². The molecule has 0 aliphatic carbocycles.